The van der Waals surface area contributed by atoms with E-state index >= 15 is 0 Å². The van der Waals surface area contributed by atoms with Gasteiger partial charge in [-0.1, -0.05) is 64.8 Å². The molecule has 0 aromatic heterocycles. The molecule has 1 saturated heterocycles. The number of carboxylic acid groups (broad SMARTS) is 1. The van der Waals surface area contributed by atoms with Crippen LogP contribution in [0.1, 0.15) is 138 Å². The van der Waals surface area contributed by atoms with Crippen LogP contribution in [0.15, 0.2) is 35.4 Å². The average Bonchev–Trinajstić information content (AvgIpc) is 3.57. The first-order valence-corrected chi connectivity index (χ1v) is 25.8. The number of ketones is 2. The lowest BCUT2D eigenvalue weighted by Gasteiger charge is -2.67. The largest absolute Gasteiger partial charge is 0.481 e. The predicted molar refractivity (Wildman–Crippen MR) is 264 cm³/mol. The normalized spacial score (nSPS) is 36.2. The molecule has 12 unspecified atom stereocenters. The van der Waals surface area contributed by atoms with Crippen molar-refractivity contribution >= 4 is 35.5 Å². The highest BCUT2D eigenvalue weighted by Gasteiger charge is 2.65. The van der Waals surface area contributed by atoms with Gasteiger partial charge in [-0.25, -0.2) is 0 Å². The molecule has 66 heavy (non-hydrogen) atoms. The number of nitrogens with one attached hydrogen (secondary N) is 2. The Hall–Kier alpha value is -3.57. The number of amides is 2. The van der Waals surface area contributed by atoms with Gasteiger partial charge < -0.3 is 31.3 Å². The number of allylic oxidation sites excluding steroid dienone is 2. The third-order valence-electron chi connectivity index (χ3n) is 19.3. The van der Waals surface area contributed by atoms with E-state index in [1.54, 1.807) is 13.8 Å². The van der Waals surface area contributed by atoms with Crippen molar-refractivity contribution < 1.29 is 29.1 Å². The number of hydrogen-bond donors (Lipinski definition) is 4. The standard InChI is InChI=1S/C42H64N2O6.C12H18N2.CH5N/c1-23(2)35-33(47)21-42(17-18-43-38(50)39(5,6)44-22-45)16-13-31-27(36(35)42)9-10-34-40(7)14-11-26(24(3)30(40)12-15-41(31,34)8)19-32(46)28-20-29(25(28)4)37(48)49;1-11-3-5-12(6-4-11)14-9-7-13(2)8-10-14;1-2/h22-31,34H,9-21H2,1-8H3,(H,43,50)(H,44,45)(H,48,49);3-6H,7-10H2,1-2H3;2H2,1H3. The fourth-order valence-corrected chi connectivity index (χ4v) is 15.3. The van der Waals surface area contributed by atoms with Crippen molar-refractivity contribution in [3.63, 3.8) is 0 Å². The van der Waals surface area contributed by atoms with Crippen molar-refractivity contribution in [2.75, 3.05) is 51.7 Å². The molecule has 0 bridgehead atoms. The van der Waals surface area contributed by atoms with Gasteiger partial charge in [0.15, 0.2) is 5.78 Å². The average molecular weight is 914 g/mol. The Morgan fingerprint density at radius 2 is 1.52 bits per heavy atom. The van der Waals surface area contributed by atoms with Crippen molar-refractivity contribution in [1.29, 1.82) is 0 Å². The molecule has 1 aromatic rings. The SMILES string of the molecule is CC(C)C1=C2C3CCC4C(C)(CCC5C(C)C(CC(=O)C6CC(C(=O)O)C6C)CCC54C)C3CCC2(CCNC(=O)C(C)(C)NC=O)CC1=O.CN.Cc1ccc(N2CCN(C)CC2)cc1. The number of nitrogens with zero attached hydrogens (tertiary/aromatic N) is 2. The summed E-state index contributed by atoms with van der Waals surface area (Å²) in [5.74, 6) is 2.34. The van der Waals surface area contributed by atoms with Crippen molar-refractivity contribution in [3.05, 3.63) is 41.0 Å². The van der Waals surface area contributed by atoms with Crippen molar-refractivity contribution in [2.45, 2.75) is 145 Å². The Morgan fingerprint density at radius 1 is 0.894 bits per heavy atom. The number of fused-ring (bicyclic) bond motifs is 7. The molecule has 0 radical (unpaired) electrons. The summed E-state index contributed by atoms with van der Waals surface area (Å²) in [5, 5.41) is 15.2. The maximum Gasteiger partial charge on any atom is 0.306 e. The number of carbonyl (C=O) groups excluding carboxylic acids is 4. The zero-order valence-corrected chi connectivity index (χ0v) is 42.6. The first-order chi connectivity index (χ1) is 31.2. The Bertz CT molecular complexity index is 1960. The zero-order chi connectivity index (χ0) is 48.5. The van der Waals surface area contributed by atoms with Crippen molar-refractivity contribution in [2.24, 2.45) is 81.2 Å². The van der Waals surface area contributed by atoms with E-state index in [0.717, 1.165) is 57.2 Å². The van der Waals surface area contributed by atoms with E-state index in [0.29, 0.717) is 79.3 Å². The van der Waals surface area contributed by atoms with E-state index in [2.05, 4.69) is 99.0 Å². The molecule has 7 aliphatic rings. The Morgan fingerprint density at radius 3 is 2.12 bits per heavy atom. The van der Waals surface area contributed by atoms with E-state index in [9.17, 15) is 29.1 Å². The Balaban J connectivity index is 0.000000380. The van der Waals surface area contributed by atoms with Gasteiger partial charge in [-0.15, -0.1) is 0 Å². The van der Waals surface area contributed by atoms with Gasteiger partial charge in [-0.2, -0.15) is 0 Å². The van der Waals surface area contributed by atoms with Crippen LogP contribution in [0.4, 0.5) is 5.69 Å². The summed E-state index contributed by atoms with van der Waals surface area (Å²) in [6.45, 7) is 24.6. The van der Waals surface area contributed by atoms with E-state index in [1.807, 2.05) is 6.92 Å². The molecule has 11 heteroatoms. The number of carboxylic acids is 1. The number of benzene rings is 1. The van der Waals surface area contributed by atoms with E-state index < -0.39 is 11.5 Å². The number of Topliss-reactive ketones (excluding diaryl/α,β-unsaturated/α-hetero) is 2. The fourth-order valence-electron chi connectivity index (χ4n) is 15.3. The second-order valence-electron chi connectivity index (χ2n) is 23.4. The minimum atomic E-state index is -0.987. The van der Waals surface area contributed by atoms with E-state index in [4.69, 9.17) is 0 Å². The summed E-state index contributed by atoms with van der Waals surface area (Å²) in [6, 6.07) is 8.82. The lowest BCUT2D eigenvalue weighted by molar-refractivity contribution is -0.172. The van der Waals surface area contributed by atoms with Gasteiger partial charge in [0.25, 0.3) is 0 Å². The maximum atomic E-state index is 13.8. The second-order valence-corrected chi connectivity index (χ2v) is 23.4. The van der Waals surface area contributed by atoms with Crippen LogP contribution in [0.5, 0.6) is 0 Å². The van der Waals surface area contributed by atoms with Crippen LogP contribution in [0.3, 0.4) is 0 Å². The number of aliphatic carboxylic acids is 1. The fraction of sp³-hybridized carbons (Fsp3) is 0.764. The first kappa shape index (κ1) is 51.8. The number of anilines is 1. The first-order valence-electron chi connectivity index (χ1n) is 25.8. The monoisotopic (exact) mass is 914 g/mol. The highest BCUT2D eigenvalue weighted by atomic mass is 16.4. The molecule has 5 saturated carbocycles. The summed E-state index contributed by atoms with van der Waals surface area (Å²) in [5.41, 5.74) is 8.97. The zero-order valence-electron chi connectivity index (χ0n) is 42.6. The number of rotatable bonds is 12. The molecule has 0 spiro atoms. The Labute approximate surface area is 397 Å². The lowest BCUT2D eigenvalue weighted by Crippen LogP contribution is -2.60. The molecule has 6 aliphatic carbocycles. The minimum absolute atomic E-state index is 0.0536. The highest BCUT2D eigenvalue weighted by molar-refractivity contribution is 6.00. The van der Waals surface area contributed by atoms with Gasteiger partial charge in [0.05, 0.1) is 5.92 Å². The molecule has 2 amide bonds. The van der Waals surface area contributed by atoms with Crippen LogP contribution in [0.2, 0.25) is 0 Å². The molecule has 1 aromatic carbocycles. The van der Waals surface area contributed by atoms with Gasteiger partial charge in [-0.3, -0.25) is 24.0 Å². The maximum absolute atomic E-state index is 13.8. The molecule has 6 fully saturated rings. The van der Waals surface area contributed by atoms with Crippen LogP contribution in [-0.2, 0) is 24.0 Å². The smallest absolute Gasteiger partial charge is 0.306 e. The molecular weight excluding hydrogens is 827 g/mol. The van der Waals surface area contributed by atoms with Gasteiger partial charge in [0.2, 0.25) is 12.3 Å². The number of aryl methyl sites for hydroxylation is 1. The molecule has 368 valence electrons. The summed E-state index contributed by atoms with van der Waals surface area (Å²) in [4.78, 5) is 67.6. The third-order valence-corrected chi connectivity index (χ3v) is 19.3. The van der Waals surface area contributed by atoms with Crippen LogP contribution < -0.4 is 21.3 Å². The molecular formula is C55H87N5O6. The highest BCUT2D eigenvalue weighted by Crippen LogP contribution is 2.72. The molecule has 11 nitrogen and oxygen atoms in total. The summed E-state index contributed by atoms with van der Waals surface area (Å²) in [7, 11) is 3.69. The van der Waals surface area contributed by atoms with Crippen LogP contribution in [-0.4, -0.2) is 92.2 Å². The van der Waals surface area contributed by atoms with Gasteiger partial charge >= 0.3 is 5.97 Å². The molecule has 1 heterocycles. The molecule has 1 aliphatic heterocycles. The predicted octanol–water partition coefficient (Wildman–Crippen LogP) is 8.47. The summed E-state index contributed by atoms with van der Waals surface area (Å²) >= 11 is 0. The number of nitrogens with two attached hydrogens (primary N) is 1. The minimum Gasteiger partial charge on any atom is -0.481 e. The van der Waals surface area contributed by atoms with Gasteiger partial charge in [0, 0.05) is 62.6 Å². The van der Waals surface area contributed by atoms with Crippen molar-refractivity contribution in [3.8, 4) is 0 Å². The Kier molecular flexibility index (Phi) is 16.1. The second kappa shape index (κ2) is 20.6. The van der Waals surface area contributed by atoms with E-state index in [1.165, 1.54) is 56.2 Å². The number of likely N-dealkylation sites (N-methyl/N-ethyl adjacent to an activating group) is 1. The van der Waals surface area contributed by atoms with Gasteiger partial charge in [0.1, 0.15) is 11.3 Å². The molecule has 12 atom stereocenters. The van der Waals surface area contributed by atoms with Crippen LogP contribution in [0.25, 0.3) is 0 Å². The van der Waals surface area contributed by atoms with E-state index in [-0.39, 0.29) is 45.8 Å². The van der Waals surface area contributed by atoms with Gasteiger partial charge in [-0.05, 0) is 175 Å². The summed E-state index contributed by atoms with van der Waals surface area (Å²) < 4.78 is 0. The van der Waals surface area contributed by atoms with Crippen LogP contribution >= 0.6 is 0 Å². The lowest BCUT2D eigenvalue weighted by atomic mass is 9.37. The summed E-state index contributed by atoms with van der Waals surface area (Å²) in [6.07, 6.45) is 12.0. The van der Waals surface area contributed by atoms with Crippen LogP contribution in [0, 0.1) is 82.3 Å². The number of hydrogen-bond acceptors (Lipinski definition) is 8. The number of piperazine rings is 1. The number of carbonyl (C=O) groups is 5. The molecule has 8 rings (SSSR count). The topological polar surface area (TPSA) is 162 Å². The molecule has 5 N–H and O–H groups in total. The van der Waals surface area contributed by atoms with Crippen molar-refractivity contribution in [1.82, 2.24) is 15.5 Å². The quantitative estimate of drug-likeness (QED) is 0.151. The third kappa shape index (κ3) is 9.82.